The first kappa shape index (κ1) is 18.6. The highest BCUT2D eigenvalue weighted by Crippen LogP contribution is 2.45. The molecule has 2 aromatic rings. The third-order valence-electron chi connectivity index (χ3n) is 5.93. The molecule has 1 aromatic carbocycles. The Kier molecular flexibility index (Phi) is 5.13. The maximum Gasteiger partial charge on any atom is 0.253 e. The molecule has 2 aliphatic rings. The smallest absolute Gasteiger partial charge is 0.253 e. The van der Waals surface area contributed by atoms with Gasteiger partial charge in [0.15, 0.2) is 0 Å². The second-order valence-electron chi connectivity index (χ2n) is 7.81. The van der Waals surface area contributed by atoms with E-state index in [4.69, 9.17) is 4.74 Å². The number of anilines is 1. The van der Waals surface area contributed by atoms with E-state index in [0.717, 1.165) is 18.4 Å². The molecular formula is C22H25N3O3. The van der Waals surface area contributed by atoms with Gasteiger partial charge in [-0.25, -0.2) is 0 Å². The molecule has 1 atom stereocenters. The molecule has 146 valence electrons. The molecule has 6 heteroatoms. The third kappa shape index (κ3) is 3.64. The Morgan fingerprint density at radius 1 is 1.21 bits per heavy atom. The van der Waals surface area contributed by atoms with Gasteiger partial charge in [0.25, 0.3) is 5.91 Å². The summed E-state index contributed by atoms with van der Waals surface area (Å²) in [5.41, 5.74) is 2.18. The maximum atomic E-state index is 13.1. The summed E-state index contributed by atoms with van der Waals surface area (Å²) in [4.78, 5) is 32.1. The van der Waals surface area contributed by atoms with Crippen molar-refractivity contribution >= 4 is 17.5 Å². The Labute approximate surface area is 164 Å². The molecule has 1 spiro atoms. The van der Waals surface area contributed by atoms with Crippen molar-refractivity contribution in [1.82, 2.24) is 9.88 Å². The number of aryl methyl sites for hydroxylation is 1. The molecule has 3 heterocycles. The predicted molar refractivity (Wildman–Crippen MR) is 106 cm³/mol. The van der Waals surface area contributed by atoms with Crippen LogP contribution >= 0.6 is 0 Å². The lowest BCUT2D eigenvalue weighted by Gasteiger charge is -2.37. The number of nitrogens with zero attached hydrogens (tertiary/aromatic N) is 2. The number of carbonyl (C=O) groups is 2. The highest BCUT2D eigenvalue weighted by molar-refractivity contribution is 5.97. The normalized spacial score (nSPS) is 20.9. The van der Waals surface area contributed by atoms with Gasteiger partial charge in [0, 0.05) is 43.5 Å². The second kappa shape index (κ2) is 7.72. The SMILES string of the molecule is Cc1cccc(C(=O)N2CC(C(=O)Nc3cccnc3)C3(CCOCC3)C2)c1. The quantitative estimate of drug-likeness (QED) is 0.890. The first-order valence-electron chi connectivity index (χ1n) is 9.72. The van der Waals surface area contributed by atoms with E-state index in [0.29, 0.717) is 37.6 Å². The molecule has 2 saturated heterocycles. The van der Waals surface area contributed by atoms with Gasteiger partial charge in [-0.05, 0) is 44.0 Å². The number of likely N-dealkylation sites (tertiary alicyclic amines) is 1. The minimum Gasteiger partial charge on any atom is -0.381 e. The van der Waals surface area contributed by atoms with Crippen LogP contribution in [0, 0.1) is 18.3 Å². The van der Waals surface area contributed by atoms with Crippen LogP contribution in [0.25, 0.3) is 0 Å². The van der Waals surface area contributed by atoms with Crippen LogP contribution in [0.1, 0.15) is 28.8 Å². The number of carbonyl (C=O) groups excluding carboxylic acids is 2. The fourth-order valence-corrected chi connectivity index (χ4v) is 4.40. The van der Waals surface area contributed by atoms with E-state index in [1.807, 2.05) is 42.2 Å². The zero-order valence-electron chi connectivity index (χ0n) is 16.1. The minimum atomic E-state index is -0.259. The molecule has 0 saturated carbocycles. The van der Waals surface area contributed by atoms with E-state index in [1.54, 1.807) is 18.5 Å². The van der Waals surface area contributed by atoms with Gasteiger partial charge in [-0.1, -0.05) is 17.7 Å². The fraction of sp³-hybridized carbons (Fsp3) is 0.409. The third-order valence-corrected chi connectivity index (χ3v) is 5.93. The van der Waals surface area contributed by atoms with E-state index < -0.39 is 0 Å². The molecule has 0 aliphatic carbocycles. The molecule has 2 aliphatic heterocycles. The number of benzene rings is 1. The molecule has 2 fully saturated rings. The summed E-state index contributed by atoms with van der Waals surface area (Å²) in [6.45, 7) is 4.25. The summed E-state index contributed by atoms with van der Waals surface area (Å²) >= 11 is 0. The van der Waals surface area contributed by atoms with Crippen molar-refractivity contribution in [3.05, 3.63) is 59.9 Å². The summed E-state index contributed by atoms with van der Waals surface area (Å²) in [6.07, 6.45) is 4.89. The highest BCUT2D eigenvalue weighted by atomic mass is 16.5. The van der Waals surface area contributed by atoms with Crippen molar-refractivity contribution in [2.24, 2.45) is 11.3 Å². The monoisotopic (exact) mass is 379 g/mol. The lowest BCUT2D eigenvalue weighted by molar-refractivity contribution is -0.124. The Morgan fingerprint density at radius 2 is 2.04 bits per heavy atom. The zero-order chi connectivity index (χ0) is 19.6. The number of pyridine rings is 1. The van der Waals surface area contributed by atoms with Gasteiger partial charge in [-0.15, -0.1) is 0 Å². The number of amides is 2. The van der Waals surface area contributed by atoms with E-state index in [-0.39, 0.29) is 23.1 Å². The number of hydrogen-bond donors (Lipinski definition) is 1. The summed E-state index contributed by atoms with van der Waals surface area (Å²) in [5, 5.41) is 2.98. The number of ether oxygens (including phenoxy) is 1. The second-order valence-corrected chi connectivity index (χ2v) is 7.81. The largest absolute Gasteiger partial charge is 0.381 e. The topological polar surface area (TPSA) is 71.5 Å². The van der Waals surface area contributed by atoms with E-state index >= 15 is 0 Å². The molecule has 4 rings (SSSR count). The Morgan fingerprint density at radius 3 is 2.75 bits per heavy atom. The van der Waals surface area contributed by atoms with Crippen LogP contribution in [0.5, 0.6) is 0 Å². The standard InChI is InChI=1S/C22H25N3O3/c1-16-4-2-5-17(12-16)21(27)25-14-19(22(15-25)7-10-28-11-8-22)20(26)24-18-6-3-9-23-13-18/h2-6,9,12-13,19H,7-8,10-11,14-15H2,1H3,(H,24,26). The van der Waals surface area contributed by atoms with Gasteiger partial charge in [-0.3, -0.25) is 14.6 Å². The van der Waals surface area contributed by atoms with E-state index in [2.05, 4.69) is 10.3 Å². The van der Waals surface area contributed by atoms with Crippen molar-refractivity contribution in [3.8, 4) is 0 Å². The first-order valence-corrected chi connectivity index (χ1v) is 9.72. The molecule has 0 radical (unpaired) electrons. The van der Waals surface area contributed by atoms with E-state index in [1.165, 1.54) is 0 Å². The van der Waals surface area contributed by atoms with Gasteiger partial charge < -0.3 is 15.0 Å². The van der Waals surface area contributed by atoms with Gasteiger partial charge in [0.05, 0.1) is 17.8 Å². The van der Waals surface area contributed by atoms with Gasteiger partial charge in [-0.2, -0.15) is 0 Å². The first-order chi connectivity index (χ1) is 13.6. The molecule has 1 N–H and O–H groups in total. The van der Waals surface area contributed by atoms with Crippen LogP contribution in [0.2, 0.25) is 0 Å². The number of hydrogen-bond acceptors (Lipinski definition) is 4. The van der Waals surface area contributed by atoms with Crippen molar-refractivity contribution in [2.75, 3.05) is 31.6 Å². The molecule has 1 unspecified atom stereocenters. The van der Waals surface area contributed by atoms with Crippen molar-refractivity contribution in [1.29, 1.82) is 0 Å². The van der Waals surface area contributed by atoms with Crippen LogP contribution in [-0.4, -0.2) is 48.0 Å². The Hall–Kier alpha value is -2.73. The zero-order valence-corrected chi connectivity index (χ0v) is 16.1. The predicted octanol–water partition coefficient (Wildman–Crippen LogP) is 2.90. The fourth-order valence-electron chi connectivity index (χ4n) is 4.40. The molecule has 0 bridgehead atoms. The van der Waals surface area contributed by atoms with E-state index in [9.17, 15) is 9.59 Å². The van der Waals surface area contributed by atoms with Crippen molar-refractivity contribution < 1.29 is 14.3 Å². The van der Waals surface area contributed by atoms with Gasteiger partial charge in [0.2, 0.25) is 5.91 Å². The number of nitrogens with one attached hydrogen (secondary N) is 1. The summed E-state index contributed by atoms with van der Waals surface area (Å²) in [5.74, 6) is -0.314. The average molecular weight is 379 g/mol. The summed E-state index contributed by atoms with van der Waals surface area (Å²) in [7, 11) is 0. The number of aromatic nitrogens is 1. The number of rotatable bonds is 3. The van der Waals surface area contributed by atoms with Gasteiger partial charge >= 0.3 is 0 Å². The summed E-state index contributed by atoms with van der Waals surface area (Å²) < 4.78 is 5.55. The van der Waals surface area contributed by atoms with Crippen LogP contribution in [0.4, 0.5) is 5.69 Å². The Bertz CT molecular complexity index is 862. The van der Waals surface area contributed by atoms with Crippen LogP contribution < -0.4 is 5.32 Å². The molecule has 6 nitrogen and oxygen atoms in total. The Balaban J connectivity index is 1.57. The maximum absolute atomic E-state index is 13.1. The lowest BCUT2D eigenvalue weighted by Crippen LogP contribution is -2.42. The van der Waals surface area contributed by atoms with Crippen LogP contribution in [0.3, 0.4) is 0 Å². The average Bonchev–Trinajstić information content (AvgIpc) is 3.07. The highest BCUT2D eigenvalue weighted by Gasteiger charge is 2.51. The molecule has 2 amide bonds. The van der Waals surface area contributed by atoms with Crippen LogP contribution in [-0.2, 0) is 9.53 Å². The van der Waals surface area contributed by atoms with Crippen molar-refractivity contribution in [2.45, 2.75) is 19.8 Å². The molecular weight excluding hydrogens is 354 g/mol. The minimum absolute atomic E-state index is 0.00811. The molecule has 1 aromatic heterocycles. The molecule has 28 heavy (non-hydrogen) atoms. The lowest BCUT2D eigenvalue weighted by atomic mass is 9.71. The summed E-state index contributed by atoms with van der Waals surface area (Å²) in [6, 6.07) is 11.2. The van der Waals surface area contributed by atoms with Gasteiger partial charge in [0.1, 0.15) is 0 Å². The van der Waals surface area contributed by atoms with Crippen LogP contribution in [0.15, 0.2) is 48.8 Å². The van der Waals surface area contributed by atoms with Crippen molar-refractivity contribution in [3.63, 3.8) is 0 Å².